The maximum atomic E-state index is 5.73. The van der Waals surface area contributed by atoms with Crippen LogP contribution in [-0.4, -0.2) is 74.9 Å². The van der Waals surface area contributed by atoms with Gasteiger partial charge in [0.05, 0.1) is 6.10 Å². The number of ether oxygens (including phenoxy) is 1. The van der Waals surface area contributed by atoms with Crippen LogP contribution in [0.4, 0.5) is 0 Å². The zero-order valence-corrected chi connectivity index (χ0v) is 12.2. The fourth-order valence-corrected chi connectivity index (χ4v) is 2.97. The average molecular weight is 255 g/mol. The first-order valence-corrected chi connectivity index (χ1v) is 7.42. The Morgan fingerprint density at radius 3 is 2.89 bits per heavy atom. The van der Waals surface area contributed by atoms with Gasteiger partial charge in [0.25, 0.3) is 0 Å². The van der Waals surface area contributed by atoms with Crippen molar-refractivity contribution in [3.63, 3.8) is 0 Å². The standard InChI is InChI=1S/C14H29N3O/c1-4-14-9-12(5-8-18-14)15-10-13-11-16(2)6-7-17(13)3/h12-15H,4-11H2,1-3H3. The molecule has 2 fully saturated rings. The predicted molar refractivity (Wildman–Crippen MR) is 75.0 cm³/mol. The minimum absolute atomic E-state index is 0.475. The molecule has 2 saturated heterocycles. The van der Waals surface area contributed by atoms with Crippen LogP contribution in [0.5, 0.6) is 0 Å². The summed E-state index contributed by atoms with van der Waals surface area (Å²) in [6.07, 6.45) is 3.97. The van der Waals surface area contributed by atoms with E-state index in [0.717, 1.165) is 19.6 Å². The van der Waals surface area contributed by atoms with Crippen molar-refractivity contribution in [3.8, 4) is 0 Å². The molecule has 0 aliphatic carbocycles. The summed E-state index contributed by atoms with van der Waals surface area (Å²) in [4.78, 5) is 4.93. The van der Waals surface area contributed by atoms with E-state index in [-0.39, 0.29) is 0 Å². The van der Waals surface area contributed by atoms with Crippen molar-refractivity contribution in [1.82, 2.24) is 15.1 Å². The maximum absolute atomic E-state index is 5.73. The molecule has 0 aromatic heterocycles. The zero-order chi connectivity index (χ0) is 13.0. The second kappa shape index (κ2) is 6.85. The summed E-state index contributed by atoms with van der Waals surface area (Å²) in [7, 11) is 4.47. The average Bonchev–Trinajstić information content (AvgIpc) is 2.40. The van der Waals surface area contributed by atoms with Gasteiger partial charge in [0, 0.05) is 44.9 Å². The lowest BCUT2D eigenvalue weighted by molar-refractivity contribution is -0.00199. The first kappa shape index (κ1) is 14.3. The molecule has 2 aliphatic heterocycles. The Kier molecular flexibility index (Phi) is 5.42. The number of nitrogens with zero attached hydrogens (tertiary/aromatic N) is 2. The Hall–Kier alpha value is -0.160. The highest BCUT2D eigenvalue weighted by molar-refractivity contribution is 4.83. The summed E-state index contributed by atoms with van der Waals surface area (Å²) in [5.41, 5.74) is 0. The highest BCUT2D eigenvalue weighted by Gasteiger charge is 2.25. The molecule has 18 heavy (non-hydrogen) atoms. The van der Waals surface area contributed by atoms with Crippen molar-refractivity contribution >= 4 is 0 Å². The van der Waals surface area contributed by atoms with E-state index in [9.17, 15) is 0 Å². The van der Waals surface area contributed by atoms with Crippen LogP contribution in [0.15, 0.2) is 0 Å². The monoisotopic (exact) mass is 255 g/mol. The molecule has 0 aromatic carbocycles. The molecule has 0 aromatic rings. The van der Waals surface area contributed by atoms with E-state index in [1.807, 2.05) is 0 Å². The van der Waals surface area contributed by atoms with Crippen molar-refractivity contribution in [2.75, 3.05) is 46.9 Å². The Morgan fingerprint density at radius 2 is 2.11 bits per heavy atom. The molecule has 0 amide bonds. The molecule has 0 radical (unpaired) electrons. The van der Waals surface area contributed by atoms with E-state index in [1.165, 1.54) is 32.5 Å². The number of nitrogens with one attached hydrogen (secondary N) is 1. The molecule has 0 saturated carbocycles. The molecule has 4 heteroatoms. The zero-order valence-electron chi connectivity index (χ0n) is 12.2. The third-order valence-electron chi connectivity index (χ3n) is 4.44. The number of rotatable bonds is 4. The molecular weight excluding hydrogens is 226 g/mol. The van der Waals surface area contributed by atoms with Crippen molar-refractivity contribution in [2.45, 2.75) is 44.4 Å². The molecule has 0 spiro atoms. The summed E-state index contributed by atoms with van der Waals surface area (Å²) >= 11 is 0. The van der Waals surface area contributed by atoms with Crippen molar-refractivity contribution in [2.24, 2.45) is 0 Å². The Bertz CT molecular complexity index is 249. The van der Waals surface area contributed by atoms with E-state index >= 15 is 0 Å². The summed E-state index contributed by atoms with van der Waals surface area (Å²) in [5, 5.41) is 3.76. The molecule has 4 nitrogen and oxygen atoms in total. The number of piperazine rings is 1. The largest absolute Gasteiger partial charge is 0.378 e. The lowest BCUT2D eigenvalue weighted by Gasteiger charge is -2.39. The van der Waals surface area contributed by atoms with E-state index < -0.39 is 0 Å². The minimum Gasteiger partial charge on any atom is -0.378 e. The van der Waals surface area contributed by atoms with Gasteiger partial charge in [-0.25, -0.2) is 0 Å². The van der Waals surface area contributed by atoms with Gasteiger partial charge in [-0.15, -0.1) is 0 Å². The van der Waals surface area contributed by atoms with Gasteiger partial charge in [0.15, 0.2) is 0 Å². The van der Waals surface area contributed by atoms with E-state index in [1.54, 1.807) is 0 Å². The van der Waals surface area contributed by atoms with Gasteiger partial charge in [0.1, 0.15) is 0 Å². The van der Waals surface area contributed by atoms with Crippen LogP contribution in [0.25, 0.3) is 0 Å². The van der Waals surface area contributed by atoms with Gasteiger partial charge in [-0.05, 0) is 33.4 Å². The summed E-state index contributed by atoms with van der Waals surface area (Å²) in [6.45, 7) is 7.83. The van der Waals surface area contributed by atoms with E-state index in [4.69, 9.17) is 4.74 Å². The molecule has 3 unspecified atom stereocenters. The van der Waals surface area contributed by atoms with Crippen LogP contribution in [-0.2, 0) is 4.74 Å². The predicted octanol–water partition coefficient (Wildman–Crippen LogP) is 0.779. The molecule has 2 heterocycles. The Balaban J connectivity index is 1.73. The molecular formula is C14H29N3O. The minimum atomic E-state index is 0.475. The molecule has 2 aliphatic rings. The summed E-state index contributed by atoms with van der Waals surface area (Å²) in [5.74, 6) is 0. The highest BCUT2D eigenvalue weighted by atomic mass is 16.5. The molecule has 106 valence electrons. The highest BCUT2D eigenvalue weighted by Crippen LogP contribution is 2.16. The van der Waals surface area contributed by atoms with Crippen molar-refractivity contribution in [3.05, 3.63) is 0 Å². The fraction of sp³-hybridized carbons (Fsp3) is 1.00. The Labute approximate surface area is 112 Å². The maximum Gasteiger partial charge on any atom is 0.0587 e. The molecule has 0 bridgehead atoms. The van der Waals surface area contributed by atoms with Crippen LogP contribution in [0.2, 0.25) is 0 Å². The number of likely N-dealkylation sites (N-methyl/N-ethyl adjacent to an activating group) is 2. The summed E-state index contributed by atoms with van der Waals surface area (Å²) < 4.78 is 5.73. The lowest BCUT2D eigenvalue weighted by Crippen LogP contribution is -2.55. The van der Waals surface area contributed by atoms with Gasteiger partial charge >= 0.3 is 0 Å². The SMILES string of the molecule is CCC1CC(NCC2CN(C)CCN2C)CCO1. The number of hydrogen-bond acceptors (Lipinski definition) is 4. The summed E-state index contributed by atoms with van der Waals surface area (Å²) in [6, 6.07) is 1.32. The van der Waals surface area contributed by atoms with Gasteiger partial charge in [-0.1, -0.05) is 6.92 Å². The first-order chi connectivity index (χ1) is 8.69. The van der Waals surface area contributed by atoms with Crippen molar-refractivity contribution < 1.29 is 4.74 Å². The smallest absolute Gasteiger partial charge is 0.0587 e. The second-order valence-electron chi connectivity index (χ2n) is 5.93. The molecule has 2 rings (SSSR count). The normalized spacial score (nSPS) is 35.8. The first-order valence-electron chi connectivity index (χ1n) is 7.42. The van der Waals surface area contributed by atoms with Gasteiger partial charge in [-0.3, -0.25) is 4.90 Å². The third kappa shape index (κ3) is 3.92. The van der Waals surface area contributed by atoms with Crippen molar-refractivity contribution in [1.29, 1.82) is 0 Å². The van der Waals surface area contributed by atoms with Gasteiger partial charge < -0.3 is 15.0 Å². The van der Waals surface area contributed by atoms with Crippen LogP contribution in [0.1, 0.15) is 26.2 Å². The molecule has 1 N–H and O–H groups in total. The lowest BCUT2D eigenvalue weighted by atomic mass is 10.0. The third-order valence-corrected chi connectivity index (χ3v) is 4.44. The van der Waals surface area contributed by atoms with Gasteiger partial charge in [-0.2, -0.15) is 0 Å². The Morgan fingerprint density at radius 1 is 1.28 bits per heavy atom. The quantitative estimate of drug-likeness (QED) is 0.803. The fourth-order valence-electron chi connectivity index (χ4n) is 2.97. The van der Waals surface area contributed by atoms with Crippen LogP contribution in [0, 0.1) is 0 Å². The van der Waals surface area contributed by atoms with Crippen LogP contribution < -0.4 is 5.32 Å². The molecule has 3 atom stereocenters. The van der Waals surface area contributed by atoms with Crippen LogP contribution >= 0.6 is 0 Å². The number of hydrogen-bond donors (Lipinski definition) is 1. The second-order valence-corrected chi connectivity index (χ2v) is 5.93. The van der Waals surface area contributed by atoms with E-state index in [2.05, 4.69) is 36.1 Å². The van der Waals surface area contributed by atoms with Gasteiger partial charge in [0.2, 0.25) is 0 Å². The van der Waals surface area contributed by atoms with Crippen LogP contribution in [0.3, 0.4) is 0 Å². The topological polar surface area (TPSA) is 27.7 Å². The van der Waals surface area contributed by atoms with E-state index in [0.29, 0.717) is 18.2 Å².